The number of hydrogen-bond acceptors (Lipinski definition) is 9. The molecule has 1 heterocycles. The monoisotopic (exact) mass is 570 g/mol. The Morgan fingerprint density at radius 2 is 1.85 bits per heavy atom. The van der Waals surface area contributed by atoms with Crippen LogP contribution in [0.2, 0.25) is 0 Å². The molecule has 0 aliphatic heterocycles. The summed E-state index contributed by atoms with van der Waals surface area (Å²) in [5.74, 6) is -0.780. The molecule has 0 saturated heterocycles. The number of aromatic nitrogens is 1. The van der Waals surface area contributed by atoms with Crippen LogP contribution in [-0.2, 0) is 26.1 Å². The largest absolute Gasteiger partial charge is 0.497 e. The number of esters is 1. The van der Waals surface area contributed by atoms with E-state index in [0.717, 1.165) is 11.3 Å². The predicted molar refractivity (Wildman–Crippen MR) is 143 cm³/mol. The molecule has 0 fully saturated rings. The fourth-order valence-electron chi connectivity index (χ4n) is 3.59. The lowest BCUT2D eigenvalue weighted by atomic mass is 10.2. The van der Waals surface area contributed by atoms with Gasteiger partial charge in [0.1, 0.15) is 12.3 Å². The lowest BCUT2D eigenvalue weighted by molar-refractivity contribution is -0.384. The standard InChI is InChI=1S/C25H22N4O8S2/c1-3-37-23(30)15-28-21-12-7-18(29(32)33)14-22(21)38-25(28)26-24(31)16-5-4-6-17(13-16)27-39(34,35)20-10-8-19(36-2)9-11-20/h4-14,27H,3,15H2,1-2H3. The highest BCUT2D eigenvalue weighted by atomic mass is 32.2. The predicted octanol–water partition coefficient (Wildman–Crippen LogP) is 3.72. The molecule has 4 aromatic rings. The van der Waals surface area contributed by atoms with Crippen molar-refractivity contribution in [2.24, 2.45) is 4.99 Å². The van der Waals surface area contributed by atoms with Gasteiger partial charge in [0, 0.05) is 23.4 Å². The Morgan fingerprint density at radius 1 is 1.10 bits per heavy atom. The number of sulfonamides is 1. The molecule has 12 nitrogen and oxygen atoms in total. The number of nitrogens with one attached hydrogen (secondary N) is 1. The van der Waals surface area contributed by atoms with E-state index in [0.29, 0.717) is 16.0 Å². The Hall–Kier alpha value is -4.56. The first-order valence-corrected chi connectivity index (χ1v) is 13.7. The fourth-order valence-corrected chi connectivity index (χ4v) is 5.70. The van der Waals surface area contributed by atoms with Gasteiger partial charge in [-0.25, -0.2) is 8.42 Å². The number of fused-ring (bicyclic) bond motifs is 1. The van der Waals surface area contributed by atoms with Crippen LogP contribution < -0.4 is 14.3 Å². The number of nitro benzene ring substituents is 1. The van der Waals surface area contributed by atoms with E-state index in [-0.39, 0.29) is 39.8 Å². The molecule has 0 radical (unpaired) electrons. The summed E-state index contributed by atoms with van der Waals surface area (Å²) in [5, 5.41) is 11.2. The molecule has 3 aromatic carbocycles. The van der Waals surface area contributed by atoms with Crippen LogP contribution in [0.1, 0.15) is 17.3 Å². The molecule has 0 aliphatic rings. The highest BCUT2D eigenvalue weighted by molar-refractivity contribution is 7.92. The van der Waals surface area contributed by atoms with Crippen molar-refractivity contribution in [1.82, 2.24) is 4.57 Å². The van der Waals surface area contributed by atoms with E-state index >= 15 is 0 Å². The molecule has 1 aromatic heterocycles. The molecule has 14 heteroatoms. The number of amides is 1. The van der Waals surface area contributed by atoms with E-state index in [4.69, 9.17) is 9.47 Å². The normalized spacial score (nSPS) is 11.8. The summed E-state index contributed by atoms with van der Waals surface area (Å²) in [5.41, 5.74) is 0.530. The van der Waals surface area contributed by atoms with Gasteiger partial charge in [-0.15, -0.1) is 0 Å². The quantitative estimate of drug-likeness (QED) is 0.181. The van der Waals surface area contributed by atoms with Crippen LogP contribution in [0.5, 0.6) is 5.75 Å². The van der Waals surface area contributed by atoms with E-state index < -0.39 is 26.8 Å². The number of nitrogens with zero attached hydrogens (tertiary/aromatic N) is 3. The molecule has 39 heavy (non-hydrogen) atoms. The second-order valence-electron chi connectivity index (χ2n) is 7.96. The summed E-state index contributed by atoms with van der Waals surface area (Å²) in [6.07, 6.45) is 0. The van der Waals surface area contributed by atoms with E-state index in [9.17, 15) is 28.1 Å². The lowest BCUT2D eigenvalue weighted by Gasteiger charge is -2.09. The summed E-state index contributed by atoms with van der Waals surface area (Å²) in [6, 6.07) is 15.7. The van der Waals surface area contributed by atoms with Gasteiger partial charge in [0.2, 0.25) is 0 Å². The number of anilines is 1. The van der Waals surface area contributed by atoms with Crippen LogP contribution in [0.4, 0.5) is 11.4 Å². The number of benzene rings is 3. The topological polar surface area (TPSA) is 159 Å². The highest BCUT2D eigenvalue weighted by Gasteiger charge is 2.18. The van der Waals surface area contributed by atoms with Crippen molar-refractivity contribution in [3.8, 4) is 5.75 Å². The fraction of sp³-hybridized carbons (Fsp3) is 0.160. The Balaban J connectivity index is 1.68. The van der Waals surface area contributed by atoms with E-state index in [2.05, 4.69) is 9.71 Å². The van der Waals surface area contributed by atoms with E-state index in [1.54, 1.807) is 6.92 Å². The minimum absolute atomic E-state index is 0.00379. The van der Waals surface area contributed by atoms with Crippen LogP contribution in [0, 0.1) is 10.1 Å². The van der Waals surface area contributed by atoms with Crippen molar-refractivity contribution in [3.05, 3.63) is 87.2 Å². The first kappa shape index (κ1) is 27.5. The van der Waals surface area contributed by atoms with E-state index in [1.807, 2.05) is 0 Å². The van der Waals surface area contributed by atoms with Crippen molar-refractivity contribution < 1.29 is 32.4 Å². The number of rotatable bonds is 9. The zero-order valence-corrected chi connectivity index (χ0v) is 22.3. The summed E-state index contributed by atoms with van der Waals surface area (Å²) >= 11 is 0.994. The Bertz CT molecular complexity index is 1740. The Kier molecular flexibility index (Phi) is 8.07. The molecule has 202 valence electrons. The van der Waals surface area contributed by atoms with Crippen molar-refractivity contribution in [3.63, 3.8) is 0 Å². The smallest absolute Gasteiger partial charge is 0.326 e. The number of carbonyl (C=O) groups excluding carboxylic acids is 2. The number of methoxy groups -OCH3 is 1. The van der Waals surface area contributed by atoms with Crippen LogP contribution >= 0.6 is 11.3 Å². The summed E-state index contributed by atoms with van der Waals surface area (Å²) in [4.78, 5) is 40.2. The number of nitro groups is 1. The van der Waals surface area contributed by atoms with Crippen molar-refractivity contribution in [2.75, 3.05) is 18.4 Å². The maximum Gasteiger partial charge on any atom is 0.326 e. The average molecular weight is 571 g/mol. The third kappa shape index (κ3) is 6.30. The van der Waals surface area contributed by atoms with Crippen molar-refractivity contribution in [1.29, 1.82) is 0 Å². The first-order valence-electron chi connectivity index (χ1n) is 11.4. The van der Waals surface area contributed by atoms with Gasteiger partial charge < -0.3 is 14.0 Å². The van der Waals surface area contributed by atoms with Gasteiger partial charge in [0.25, 0.3) is 21.6 Å². The van der Waals surface area contributed by atoms with Gasteiger partial charge in [-0.3, -0.25) is 24.4 Å². The lowest BCUT2D eigenvalue weighted by Crippen LogP contribution is -2.23. The van der Waals surface area contributed by atoms with Crippen LogP contribution in [0.3, 0.4) is 0 Å². The Morgan fingerprint density at radius 3 is 2.51 bits per heavy atom. The zero-order chi connectivity index (χ0) is 28.2. The van der Waals surface area contributed by atoms with Crippen molar-refractivity contribution in [2.45, 2.75) is 18.4 Å². The molecule has 0 atom stereocenters. The van der Waals surface area contributed by atoms with Crippen LogP contribution in [0.25, 0.3) is 10.2 Å². The number of hydrogen-bond donors (Lipinski definition) is 1. The molecule has 4 rings (SSSR count). The minimum Gasteiger partial charge on any atom is -0.497 e. The molecule has 1 amide bonds. The summed E-state index contributed by atoms with van der Waals surface area (Å²) < 4.78 is 40.0. The zero-order valence-electron chi connectivity index (χ0n) is 20.7. The molecule has 1 N–H and O–H groups in total. The molecule has 0 aliphatic carbocycles. The molecule has 0 unspecified atom stereocenters. The number of non-ortho nitro benzene ring substituents is 1. The molecule has 0 saturated carbocycles. The SMILES string of the molecule is CCOC(=O)Cn1c(=NC(=O)c2cccc(NS(=O)(=O)c3ccc(OC)cc3)c2)sc2cc([N+](=O)[O-])ccc21. The first-order chi connectivity index (χ1) is 18.6. The Labute approximate surface area is 226 Å². The second-order valence-corrected chi connectivity index (χ2v) is 10.7. The maximum absolute atomic E-state index is 13.1. The molecule has 0 bridgehead atoms. The van der Waals surface area contributed by atoms with Gasteiger partial charge in [0.05, 0.1) is 33.8 Å². The molecular weight excluding hydrogens is 548 g/mol. The van der Waals surface area contributed by atoms with Gasteiger partial charge >= 0.3 is 5.97 Å². The number of thiazole rings is 1. The summed E-state index contributed by atoms with van der Waals surface area (Å²) in [6.45, 7) is 1.54. The molecule has 0 spiro atoms. The van der Waals surface area contributed by atoms with Gasteiger partial charge in [-0.2, -0.15) is 4.99 Å². The second kappa shape index (κ2) is 11.4. The summed E-state index contributed by atoms with van der Waals surface area (Å²) in [7, 11) is -2.48. The molecular formula is C25H22N4O8S2. The average Bonchev–Trinajstić information content (AvgIpc) is 3.24. The van der Waals surface area contributed by atoms with Gasteiger partial charge in [-0.1, -0.05) is 17.4 Å². The third-order valence-electron chi connectivity index (χ3n) is 5.40. The number of ether oxygens (including phenoxy) is 2. The van der Waals surface area contributed by atoms with Crippen molar-refractivity contribution >= 4 is 54.8 Å². The minimum atomic E-state index is -3.95. The number of carbonyl (C=O) groups is 2. The van der Waals surface area contributed by atoms with E-state index in [1.165, 1.54) is 78.4 Å². The van der Waals surface area contributed by atoms with Crippen LogP contribution in [0.15, 0.2) is 76.6 Å². The van der Waals surface area contributed by atoms with Gasteiger partial charge in [0.15, 0.2) is 4.80 Å². The third-order valence-corrected chi connectivity index (χ3v) is 7.84. The van der Waals surface area contributed by atoms with Gasteiger partial charge in [-0.05, 0) is 55.5 Å². The maximum atomic E-state index is 13.1. The van der Waals surface area contributed by atoms with Crippen LogP contribution in [-0.4, -0.2) is 43.5 Å². The highest BCUT2D eigenvalue weighted by Crippen LogP contribution is 2.24.